The maximum absolute atomic E-state index is 12.9. The first-order valence-electron chi connectivity index (χ1n) is 8.83. The normalized spacial score (nSPS) is 18.5. The molecule has 0 aromatic carbocycles. The van der Waals surface area contributed by atoms with Gasteiger partial charge in [-0.15, -0.1) is 0 Å². The molecule has 0 spiro atoms. The number of aromatic nitrogens is 3. The van der Waals surface area contributed by atoms with E-state index in [0.717, 1.165) is 43.4 Å². The minimum absolute atomic E-state index is 0.0131. The van der Waals surface area contributed by atoms with Crippen molar-refractivity contribution < 1.29 is 9.90 Å². The molecule has 2 aromatic heterocycles. The first kappa shape index (κ1) is 16.9. The number of nitrogens with zero attached hydrogens (tertiary/aromatic N) is 4. The van der Waals surface area contributed by atoms with Gasteiger partial charge in [0, 0.05) is 37.3 Å². The standard InChI is InChI=1S/C18H26N4O2/c1-13(2)12-22-17-14(11-20-22)9-15(10-19-17)18(24)21-7-4-3-5-16(21)6-8-23/h9-11,13,16,23H,3-8,12H2,1-2H3. The third-order valence-electron chi connectivity index (χ3n) is 4.61. The Morgan fingerprint density at radius 2 is 2.21 bits per heavy atom. The number of piperidine rings is 1. The molecule has 1 N–H and O–H groups in total. The van der Waals surface area contributed by atoms with Crippen molar-refractivity contribution in [3.8, 4) is 0 Å². The summed E-state index contributed by atoms with van der Waals surface area (Å²) in [5, 5.41) is 14.5. The molecule has 6 nitrogen and oxygen atoms in total. The van der Waals surface area contributed by atoms with E-state index in [1.807, 2.05) is 15.6 Å². The van der Waals surface area contributed by atoms with E-state index in [1.165, 1.54) is 0 Å². The fourth-order valence-corrected chi connectivity index (χ4v) is 3.45. The van der Waals surface area contributed by atoms with Gasteiger partial charge in [0.05, 0.1) is 11.8 Å². The lowest BCUT2D eigenvalue weighted by Crippen LogP contribution is -2.44. The Hall–Kier alpha value is -1.95. The quantitative estimate of drug-likeness (QED) is 0.914. The molecule has 0 aliphatic carbocycles. The molecule has 0 radical (unpaired) electrons. The predicted molar refractivity (Wildman–Crippen MR) is 92.7 cm³/mol. The second kappa shape index (κ2) is 7.30. The molecule has 130 valence electrons. The summed E-state index contributed by atoms with van der Waals surface area (Å²) in [5.74, 6) is 0.503. The lowest BCUT2D eigenvalue weighted by Gasteiger charge is -2.35. The van der Waals surface area contributed by atoms with Crippen molar-refractivity contribution in [3.63, 3.8) is 0 Å². The van der Waals surface area contributed by atoms with Crippen LogP contribution in [0.3, 0.4) is 0 Å². The van der Waals surface area contributed by atoms with Crippen molar-refractivity contribution in [3.05, 3.63) is 24.0 Å². The third kappa shape index (κ3) is 3.43. The molecule has 1 fully saturated rings. The highest BCUT2D eigenvalue weighted by molar-refractivity contribution is 5.97. The smallest absolute Gasteiger partial charge is 0.255 e. The van der Waals surface area contributed by atoms with Gasteiger partial charge in [-0.05, 0) is 37.7 Å². The summed E-state index contributed by atoms with van der Waals surface area (Å²) in [6, 6.07) is 2.02. The number of hydrogen-bond acceptors (Lipinski definition) is 4. The molecule has 1 aliphatic heterocycles. The zero-order chi connectivity index (χ0) is 17.1. The summed E-state index contributed by atoms with van der Waals surface area (Å²) in [4.78, 5) is 19.3. The van der Waals surface area contributed by atoms with Crippen molar-refractivity contribution >= 4 is 16.9 Å². The second-order valence-electron chi connectivity index (χ2n) is 7.02. The Morgan fingerprint density at radius 1 is 1.38 bits per heavy atom. The SMILES string of the molecule is CC(C)Cn1ncc2cc(C(=O)N3CCCCC3CCO)cnc21. The number of carbonyl (C=O) groups excluding carboxylic acids is 1. The Bertz CT molecular complexity index is 708. The molecule has 24 heavy (non-hydrogen) atoms. The number of pyridine rings is 1. The van der Waals surface area contributed by atoms with Crippen LogP contribution in [0, 0.1) is 5.92 Å². The minimum atomic E-state index is 0.0131. The molecule has 1 unspecified atom stereocenters. The highest BCUT2D eigenvalue weighted by Crippen LogP contribution is 2.23. The van der Waals surface area contributed by atoms with E-state index in [9.17, 15) is 9.90 Å². The average molecular weight is 330 g/mol. The summed E-state index contributed by atoms with van der Waals surface area (Å²) in [6.07, 6.45) is 7.20. The molecular formula is C18H26N4O2. The van der Waals surface area contributed by atoms with Gasteiger partial charge in [0.15, 0.2) is 5.65 Å². The third-order valence-corrected chi connectivity index (χ3v) is 4.61. The summed E-state index contributed by atoms with van der Waals surface area (Å²) < 4.78 is 1.89. The number of likely N-dealkylation sites (tertiary alicyclic amines) is 1. The molecular weight excluding hydrogens is 304 g/mol. The van der Waals surface area contributed by atoms with Crippen molar-refractivity contribution in [2.24, 2.45) is 5.92 Å². The Morgan fingerprint density at radius 3 is 2.96 bits per heavy atom. The van der Waals surface area contributed by atoms with Crippen LogP contribution in [0.15, 0.2) is 18.5 Å². The van der Waals surface area contributed by atoms with E-state index in [0.29, 0.717) is 17.9 Å². The van der Waals surface area contributed by atoms with Crippen molar-refractivity contribution in [1.82, 2.24) is 19.7 Å². The number of hydrogen-bond donors (Lipinski definition) is 1. The first-order valence-corrected chi connectivity index (χ1v) is 8.83. The van der Waals surface area contributed by atoms with Gasteiger partial charge in [-0.3, -0.25) is 4.79 Å². The fourth-order valence-electron chi connectivity index (χ4n) is 3.45. The Kier molecular flexibility index (Phi) is 5.14. The molecule has 0 saturated carbocycles. The fraction of sp³-hybridized carbons (Fsp3) is 0.611. The summed E-state index contributed by atoms with van der Waals surface area (Å²) in [6.45, 7) is 5.97. The van der Waals surface area contributed by atoms with Crippen molar-refractivity contribution in [1.29, 1.82) is 0 Å². The van der Waals surface area contributed by atoms with Crippen LogP contribution >= 0.6 is 0 Å². The summed E-state index contributed by atoms with van der Waals surface area (Å²) in [7, 11) is 0. The molecule has 1 saturated heterocycles. The van der Waals surface area contributed by atoms with Gasteiger partial charge in [0.2, 0.25) is 0 Å². The summed E-state index contributed by atoms with van der Waals surface area (Å²) >= 11 is 0. The van der Waals surface area contributed by atoms with Gasteiger partial charge >= 0.3 is 0 Å². The van der Waals surface area contributed by atoms with E-state index in [4.69, 9.17) is 0 Å². The predicted octanol–water partition coefficient (Wildman–Crippen LogP) is 2.46. The zero-order valence-electron chi connectivity index (χ0n) is 14.5. The lowest BCUT2D eigenvalue weighted by atomic mass is 9.98. The van der Waals surface area contributed by atoms with Crippen LogP contribution in [0.1, 0.15) is 49.9 Å². The van der Waals surface area contributed by atoms with Crippen molar-refractivity contribution in [2.75, 3.05) is 13.2 Å². The van der Waals surface area contributed by atoms with E-state index in [2.05, 4.69) is 23.9 Å². The maximum Gasteiger partial charge on any atom is 0.255 e. The topological polar surface area (TPSA) is 71.2 Å². The highest BCUT2D eigenvalue weighted by atomic mass is 16.3. The Balaban J connectivity index is 1.84. The number of amides is 1. The number of carbonyl (C=O) groups is 1. The van der Waals surface area contributed by atoms with Gasteiger partial charge in [0.25, 0.3) is 5.91 Å². The first-order chi connectivity index (χ1) is 11.6. The van der Waals surface area contributed by atoms with Gasteiger partial charge in [-0.1, -0.05) is 13.8 Å². The molecule has 1 amide bonds. The van der Waals surface area contributed by atoms with Crippen LogP contribution in [0.25, 0.3) is 11.0 Å². The monoisotopic (exact) mass is 330 g/mol. The van der Waals surface area contributed by atoms with Gasteiger partial charge in [-0.25, -0.2) is 9.67 Å². The van der Waals surface area contributed by atoms with Gasteiger partial charge in [0.1, 0.15) is 0 Å². The Labute approximate surface area is 142 Å². The molecule has 3 rings (SSSR count). The molecule has 0 bridgehead atoms. The van der Waals surface area contributed by atoms with E-state index in [-0.39, 0.29) is 18.6 Å². The number of aliphatic hydroxyl groups excluding tert-OH is 1. The summed E-state index contributed by atoms with van der Waals surface area (Å²) in [5.41, 5.74) is 1.43. The second-order valence-corrected chi connectivity index (χ2v) is 7.02. The van der Waals surface area contributed by atoms with Crippen LogP contribution in [-0.2, 0) is 6.54 Å². The van der Waals surface area contributed by atoms with E-state index >= 15 is 0 Å². The lowest BCUT2D eigenvalue weighted by molar-refractivity contribution is 0.0574. The highest BCUT2D eigenvalue weighted by Gasteiger charge is 2.27. The number of aliphatic hydroxyl groups is 1. The van der Waals surface area contributed by atoms with Crippen molar-refractivity contribution in [2.45, 2.75) is 52.1 Å². The van der Waals surface area contributed by atoms with Crippen LogP contribution in [0.5, 0.6) is 0 Å². The van der Waals surface area contributed by atoms with Gasteiger partial charge in [-0.2, -0.15) is 5.10 Å². The molecule has 1 atom stereocenters. The van der Waals surface area contributed by atoms with E-state index in [1.54, 1.807) is 12.4 Å². The zero-order valence-corrected chi connectivity index (χ0v) is 14.5. The number of rotatable bonds is 5. The van der Waals surface area contributed by atoms with Crippen LogP contribution < -0.4 is 0 Å². The largest absolute Gasteiger partial charge is 0.396 e. The molecule has 2 aromatic rings. The average Bonchev–Trinajstić information content (AvgIpc) is 2.96. The molecule has 1 aliphatic rings. The van der Waals surface area contributed by atoms with Crippen LogP contribution in [0.4, 0.5) is 0 Å². The molecule has 6 heteroatoms. The van der Waals surface area contributed by atoms with E-state index < -0.39 is 0 Å². The maximum atomic E-state index is 12.9. The van der Waals surface area contributed by atoms with Crippen LogP contribution in [-0.4, -0.2) is 49.9 Å². The number of fused-ring (bicyclic) bond motifs is 1. The minimum Gasteiger partial charge on any atom is -0.396 e. The molecule has 3 heterocycles. The van der Waals surface area contributed by atoms with Gasteiger partial charge < -0.3 is 10.0 Å². The van der Waals surface area contributed by atoms with Crippen LogP contribution in [0.2, 0.25) is 0 Å².